The summed E-state index contributed by atoms with van der Waals surface area (Å²) in [6, 6.07) is 13.6. The average molecular weight is 365 g/mol. The third-order valence-corrected chi connectivity index (χ3v) is 4.29. The maximum atomic E-state index is 12.1. The first-order valence-electron chi connectivity index (χ1n) is 8.72. The molecule has 1 N–H and O–H groups in total. The molecular formula is C20H19N3O4. The lowest BCUT2D eigenvalue weighted by Crippen LogP contribution is -2.23. The minimum Gasteiger partial charge on any atom is -0.454 e. The second-order valence-corrected chi connectivity index (χ2v) is 6.34. The van der Waals surface area contributed by atoms with Gasteiger partial charge < -0.3 is 19.3 Å². The fraction of sp³-hybridized carbons (Fsp3) is 0.250. The van der Waals surface area contributed by atoms with Gasteiger partial charge in [0.05, 0.1) is 6.54 Å². The summed E-state index contributed by atoms with van der Waals surface area (Å²) in [4.78, 5) is 16.4. The first-order valence-corrected chi connectivity index (χ1v) is 8.72. The van der Waals surface area contributed by atoms with E-state index in [1.807, 2.05) is 49.4 Å². The van der Waals surface area contributed by atoms with Crippen LogP contribution in [0, 0.1) is 6.92 Å². The lowest BCUT2D eigenvalue weighted by Gasteiger charge is -2.04. The highest BCUT2D eigenvalue weighted by molar-refractivity contribution is 5.76. The highest BCUT2D eigenvalue weighted by atomic mass is 16.7. The summed E-state index contributed by atoms with van der Waals surface area (Å²) in [6.45, 7) is 2.47. The number of hydrogen-bond acceptors (Lipinski definition) is 6. The van der Waals surface area contributed by atoms with Crippen LogP contribution in [-0.2, 0) is 17.8 Å². The van der Waals surface area contributed by atoms with E-state index in [9.17, 15) is 4.79 Å². The van der Waals surface area contributed by atoms with Crippen molar-refractivity contribution in [3.05, 3.63) is 59.5 Å². The van der Waals surface area contributed by atoms with Crippen LogP contribution in [0.3, 0.4) is 0 Å². The summed E-state index contributed by atoms with van der Waals surface area (Å²) >= 11 is 0. The largest absolute Gasteiger partial charge is 0.454 e. The van der Waals surface area contributed by atoms with E-state index in [1.165, 1.54) is 0 Å². The van der Waals surface area contributed by atoms with Crippen molar-refractivity contribution in [1.29, 1.82) is 0 Å². The van der Waals surface area contributed by atoms with Crippen molar-refractivity contribution in [2.75, 3.05) is 6.79 Å². The second kappa shape index (κ2) is 7.49. The number of carbonyl (C=O) groups is 1. The molecule has 0 fully saturated rings. The highest BCUT2D eigenvalue weighted by Gasteiger charge is 2.14. The van der Waals surface area contributed by atoms with Crippen LogP contribution in [0.15, 0.2) is 47.0 Å². The molecule has 1 aliphatic heterocycles. The van der Waals surface area contributed by atoms with Gasteiger partial charge in [-0.2, -0.15) is 4.98 Å². The van der Waals surface area contributed by atoms with Gasteiger partial charge in [0.15, 0.2) is 11.5 Å². The number of rotatable bonds is 6. The van der Waals surface area contributed by atoms with Gasteiger partial charge in [-0.05, 0) is 31.0 Å². The summed E-state index contributed by atoms with van der Waals surface area (Å²) in [6.07, 6.45) is 0.972. The number of aryl methyl sites for hydroxylation is 2. The van der Waals surface area contributed by atoms with Crippen LogP contribution in [0.2, 0.25) is 0 Å². The minimum absolute atomic E-state index is 0.0808. The van der Waals surface area contributed by atoms with Gasteiger partial charge in [0.25, 0.3) is 0 Å². The lowest BCUT2D eigenvalue weighted by molar-refractivity contribution is -0.121. The molecule has 27 heavy (non-hydrogen) atoms. The number of hydrogen-bond donors (Lipinski definition) is 1. The van der Waals surface area contributed by atoms with Crippen LogP contribution < -0.4 is 14.8 Å². The molecule has 3 aromatic rings. The topological polar surface area (TPSA) is 86.5 Å². The van der Waals surface area contributed by atoms with Gasteiger partial charge >= 0.3 is 0 Å². The predicted molar refractivity (Wildman–Crippen MR) is 97.2 cm³/mol. The molecule has 4 rings (SSSR count). The van der Waals surface area contributed by atoms with Gasteiger partial charge in [0.2, 0.25) is 24.4 Å². The zero-order valence-corrected chi connectivity index (χ0v) is 14.9. The molecule has 1 aromatic heterocycles. The van der Waals surface area contributed by atoms with Gasteiger partial charge in [-0.25, -0.2) is 0 Å². The number of carbonyl (C=O) groups excluding carboxylic acids is 1. The monoisotopic (exact) mass is 365 g/mol. The number of benzene rings is 2. The summed E-state index contributed by atoms with van der Waals surface area (Å²) in [5.74, 6) is 2.27. The predicted octanol–water partition coefficient (Wildman–Crippen LogP) is 3.02. The van der Waals surface area contributed by atoms with Crippen molar-refractivity contribution in [2.24, 2.45) is 0 Å². The number of aromatic nitrogens is 2. The van der Waals surface area contributed by atoms with Crippen LogP contribution in [0.25, 0.3) is 11.4 Å². The number of amides is 1. The molecule has 7 nitrogen and oxygen atoms in total. The molecule has 0 radical (unpaired) electrons. The standard InChI is InChI=1S/C20H19N3O4/c1-13-2-6-15(7-3-13)20-22-19(27-23-20)11-21-18(24)9-5-14-4-8-16-17(10-14)26-12-25-16/h2-4,6-8,10H,5,9,11-12H2,1H3,(H,21,24). The number of ether oxygens (including phenoxy) is 2. The van der Waals surface area contributed by atoms with Gasteiger partial charge in [0, 0.05) is 12.0 Å². The van der Waals surface area contributed by atoms with Crippen LogP contribution >= 0.6 is 0 Å². The summed E-state index contributed by atoms with van der Waals surface area (Å²) in [7, 11) is 0. The molecule has 1 amide bonds. The molecule has 0 atom stereocenters. The lowest BCUT2D eigenvalue weighted by atomic mass is 10.1. The Bertz CT molecular complexity index is 950. The zero-order chi connectivity index (χ0) is 18.6. The van der Waals surface area contributed by atoms with E-state index in [0.29, 0.717) is 24.6 Å². The van der Waals surface area contributed by atoms with Crippen molar-refractivity contribution >= 4 is 5.91 Å². The Morgan fingerprint density at radius 2 is 1.93 bits per heavy atom. The van der Waals surface area contributed by atoms with E-state index >= 15 is 0 Å². The molecule has 0 saturated carbocycles. The van der Waals surface area contributed by atoms with Gasteiger partial charge in [-0.15, -0.1) is 0 Å². The molecule has 7 heteroatoms. The third-order valence-electron chi connectivity index (χ3n) is 4.29. The first kappa shape index (κ1) is 17.1. The van der Waals surface area contributed by atoms with E-state index < -0.39 is 0 Å². The van der Waals surface area contributed by atoms with Crippen molar-refractivity contribution in [1.82, 2.24) is 15.5 Å². The maximum absolute atomic E-state index is 12.1. The Morgan fingerprint density at radius 3 is 2.78 bits per heavy atom. The van der Waals surface area contributed by atoms with Crippen LogP contribution in [0.1, 0.15) is 23.4 Å². The quantitative estimate of drug-likeness (QED) is 0.723. The molecule has 0 aliphatic carbocycles. The van der Waals surface area contributed by atoms with Crippen molar-refractivity contribution in [3.63, 3.8) is 0 Å². The number of fused-ring (bicyclic) bond motifs is 1. The number of nitrogens with one attached hydrogen (secondary N) is 1. The van der Waals surface area contributed by atoms with Crippen LogP contribution in [-0.4, -0.2) is 22.8 Å². The van der Waals surface area contributed by atoms with E-state index in [-0.39, 0.29) is 19.2 Å². The number of nitrogens with zero attached hydrogens (tertiary/aromatic N) is 2. The zero-order valence-electron chi connectivity index (χ0n) is 14.9. The SMILES string of the molecule is Cc1ccc(-c2noc(CNC(=O)CCc3ccc4c(c3)OCO4)n2)cc1. The Balaban J connectivity index is 1.27. The average Bonchev–Trinajstić information content (AvgIpc) is 3.34. The fourth-order valence-electron chi connectivity index (χ4n) is 2.76. The Morgan fingerprint density at radius 1 is 1.11 bits per heavy atom. The molecule has 0 spiro atoms. The Hall–Kier alpha value is -3.35. The molecule has 2 heterocycles. The van der Waals surface area contributed by atoms with Gasteiger partial charge in [0.1, 0.15) is 0 Å². The Kier molecular flexibility index (Phi) is 4.74. The molecule has 0 bridgehead atoms. The normalized spacial score (nSPS) is 12.2. The second-order valence-electron chi connectivity index (χ2n) is 6.34. The molecule has 1 aliphatic rings. The van der Waals surface area contributed by atoms with Crippen molar-refractivity contribution < 1.29 is 18.8 Å². The van der Waals surface area contributed by atoms with E-state index in [0.717, 1.165) is 28.2 Å². The summed E-state index contributed by atoms with van der Waals surface area (Å²) in [5, 5.41) is 6.76. The highest BCUT2D eigenvalue weighted by Crippen LogP contribution is 2.32. The van der Waals surface area contributed by atoms with Crippen molar-refractivity contribution in [3.8, 4) is 22.9 Å². The smallest absolute Gasteiger partial charge is 0.246 e. The molecule has 138 valence electrons. The van der Waals surface area contributed by atoms with Gasteiger partial charge in [-0.1, -0.05) is 41.1 Å². The maximum Gasteiger partial charge on any atom is 0.246 e. The summed E-state index contributed by atoms with van der Waals surface area (Å²) in [5.41, 5.74) is 3.07. The third kappa shape index (κ3) is 4.08. The van der Waals surface area contributed by atoms with Gasteiger partial charge in [-0.3, -0.25) is 4.79 Å². The Labute approximate surface area is 156 Å². The van der Waals surface area contributed by atoms with Crippen LogP contribution in [0.4, 0.5) is 0 Å². The van der Waals surface area contributed by atoms with E-state index in [4.69, 9.17) is 14.0 Å². The molecule has 2 aromatic carbocycles. The molecular weight excluding hydrogens is 346 g/mol. The fourth-order valence-corrected chi connectivity index (χ4v) is 2.76. The van der Waals surface area contributed by atoms with Crippen molar-refractivity contribution in [2.45, 2.75) is 26.3 Å². The molecule has 0 unspecified atom stereocenters. The minimum atomic E-state index is -0.0808. The van der Waals surface area contributed by atoms with E-state index in [2.05, 4.69) is 15.5 Å². The van der Waals surface area contributed by atoms with Crippen LogP contribution in [0.5, 0.6) is 11.5 Å². The van der Waals surface area contributed by atoms with E-state index in [1.54, 1.807) is 0 Å². The summed E-state index contributed by atoms with van der Waals surface area (Å²) < 4.78 is 15.8. The molecule has 0 saturated heterocycles. The first-order chi connectivity index (χ1) is 13.2.